The van der Waals surface area contributed by atoms with Gasteiger partial charge in [-0.1, -0.05) is 17.7 Å². The maximum atomic E-state index is 12.2. The van der Waals surface area contributed by atoms with Gasteiger partial charge >= 0.3 is 0 Å². The Bertz CT molecular complexity index is 780. The number of hydrogen-bond donors (Lipinski definition) is 1. The van der Waals surface area contributed by atoms with Crippen LogP contribution in [-0.2, 0) is 9.59 Å². The van der Waals surface area contributed by atoms with Gasteiger partial charge in [0.25, 0.3) is 0 Å². The van der Waals surface area contributed by atoms with Crippen LogP contribution in [0.5, 0.6) is 0 Å². The number of carbonyl (C=O) groups excluding carboxylic acids is 2. The summed E-state index contributed by atoms with van der Waals surface area (Å²) in [5.41, 5.74) is 4.51. The van der Waals surface area contributed by atoms with E-state index in [0.29, 0.717) is 6.54 Å². The van der Waals surface area contributed by atoms with Crippen molar-refractivity contribution in [2.45, 2.75) is 20.3 Å². The van der Waals surface area contributed by atoms with Gasteiger partial charge in [0, 0.05) is 28.4 Å². The third-order valence-corrected chi connectivity index (χ3v) is 4.90. The van der Waals surface area contributed by atoms with Gasteiger partial charge in [-0.3, -0.25) is 9.59 Å². The summed E-state index contributed by atoms with van der Waals surface area (Å²) in [6, 6.07) is 11.7. The van der Waals surface area contributed by atoms with E-state index in [1.165, 1.54) is 4.88 Å². The van der Waals surface area contributed by atoms with Crippen LogP contribution in [0.15, 0.2) is 41.5 Å². The van der Waals surface area contributed by atoms with Crippen molar-refractivity contribution in [1.82, 2.24) is 5.43 Å². The van der Waals surface area contributed by atoms with E-state index in [1.54, 1.807) is 22.5 Å². The molecule has 5 nitrogen and oxygen atoms in total. The number of hydrazone groups is 1. The van der Waals surface area contributed by atoms with Crippen molar-refractivity contribution in [2.75, 3.05) is 11.4 Å². The summed E-state index contributed by atoms with van der Waals surface area (Å²) in [5, 5.41) is 3.99. The lowest BCUT2D eigenvalue weighted by Gasteiger charge is -2.16. The van der Waals surface area contributed by atoms with Gasteiger partial charge in [0.1, 0.15) is 0 Å². The Morgan fingerprint density at radius 1 is 1.25 bits per heavy atom. The quantitative estimate of drug-likeness (QED) is 0.686. The maximum Gasteiger partial charge on any atom is 0.245 e. The number of nitrogens with one attached hydrogen (secondary N) is 1. The molecule has 0 spiro atoms. The number of benzene rings is 1. The van der Waals surface area contributed by atoms with Crippen LogP contribution in [0.3, 0.4) is 0 Å². The fraction of sp³-hybridized carbons (Fsp3) is 0.278. The van der Waals surface area contributed by atoms with Crippen molar-refractivity contribution < 1.29 is 9.59 Å². The molecule has 0 aliphatic carbocycles. The molecule has 1 aliphatic rings. The number of nitrogens with zero attached hydrogens (tertiary/aromatic N) is 2. The lowest BCUT2D eigenvalue weighted by atomic mass is 10.1. The van der Waals surface area contributed by atoms with Crippen molar-refractivity contribution in [3.63, 3.8) is 0 Å². The Labute approximate surface area is 145 Å². The molecule has 3 rings (SSSR count). The average Bonchev–Trinajstić information content (AvgIpc) is 3.14. The standard InChI is InChI=1S/C18H19N3O2S/c1-12-3-6-15(7-4-12)21-11-14(9-17(21)22)18(23)20-19-10-16-8-5-13(2)24-16/h3-8,10,14H,9,11H2,1-2H3,(H,20,23)/b19-10+/t14-/m1/s1. The number of anilines is 1. The van der Waals surface area contributed by atoms with Crippen molar-refractivity contribution in [3.8, 4) is 0 Å². The summed E-state index contributed by atoms with van der Waals surface area (Å²) in [4.78, 5) is 28.2. The molecule has 1 saturated heterocycles. The number of aryl methyl sites for hydroxylation is 2. The third-order valence-electron chi connectivity index (χ3n) is 3.97. The monoisotopic (exact) mass is 341 g/mol. The average molecular weight is 341 g/mol. The summed E-state index contributed by atoms with van der Waals surface area (Å²) in [7, 11) is 0. The van der Waals surface area contributed by atoms with Crippen LogP contribution in [0.1, 0.15) is 21.7 Å². The van der Waals surface area contributed by atoms with Crippen LogP contribution < -0.4 is 10.3 Å². The molecule has 2 heterocycles. The summed E-state index contributed by atoms with van der Waals surface area (Å²) in [5.74, 6) is -0.625. The van der Waals surface area contributed by atoms with Crippen molar-refractivity contribution >= 4 is 35.1 Å². The number of carbonyl (C=O) groups is 2. The van der Waals surface area contributed by atoms with Crippen LogP contribution in [0.25, 0.3) is 0 Å². The normalized spacial score (nSPS) is 17.7. The van der Waals surface area contributed by atoms with Gasteiger partial charge in [0.05, 0.1) is 12.1 Å². The lowest BCUT2D eigenvalue weighted by molar-refractivity contribution is -0.126. The molecule has 6 heteroatoms. The topological polar surface area (TPSA) is 61.8 Å². The Kier molecular flexibility index (Phi) is 4.76. The van der Waals surface area contributed by atoms with Gasteiger partial charge in [0.15, 0.2) is 0 Å². The van der Waals surface area contributed by atoms with Crippen LogP contribution in [0.4, 0.5) is 5.69 Å². The molecule has 1 aliphatic heterocycles. The van der Waals surface area contributed by atoms with Crippen molar-refractivity contribution in [2.24, 2.45) is 11.0 Å². The zero-order chi connectivity index (χ0) is 17.1. The zero-order valence-corrected chi connectivity index (χ0v) is 14.5. The molecule has 0 saturated carbocycles. The first-order valence-electron chi connectivity index (χ1n) is 7.79. The van der Waals surface area contributed by atoms with E-state index in [-0.39, 0.29) is 24.2 Å². The maximum absolute atomic E-state index is 12.2. The van der Waals surface area contributed by atoms with E-state index >= 15 is 0 Å². The van der Waals surface area contributed by atoms with Gasteiger partial charge in [-0.2, -0.15) is 5.10 Å². The van der Waals surface area contributed by atoms with E-state index < -0.39 is 0 Å². The molecular weight excluding hydrogens is 322 g/mol. The van der Waals surface area contributed by atoms with Gasteiger partial charge in [0.2, 0.25) is 11.8 Å². The third kappa shape index (κ3) is 3.71. The molecule has 1 aromatic carbocycles. The minimum atomic E-state index is -0.374. The highest BCUT2D eigenvalue weighted by Crippen LogP contribution is 2.25. The van der Waals surface area contributed by atoms with Crippen LogP contribution in [0.2, 0.25) is 0 Å². The molecule has 24 heavy (non-hydrogen) atoms. The second-order valence-electron chi connectivity index (χ2n) is 5.92. The SMILES string of the molecule is Cc1ccc(N2C[C@H](C(=O)N/N=C/c3ccc(C)s3)CC2=O)cc1. The number of rotatable bonds is 4. The Morgan fingerprint density at radius 2 is 2.00 bits per heavy atom. The van der Waals surface area contributed by atoms with Crippen LogP contribution in [0, 0.1) is 19.8 Å². The van der Waals surface area contributed by atoms with Gasteiger partial charge in [-0.15, -0.1) is 11.3 Å². The Hall–Kier alpha value is -2.47. The lowest BCUT2D eigenvalue weighted by Crippen LogP contribution is -2.30. The molecule has 1 aromatic heterocycles. The predicted molar refractivity (Wildman–Crippen MR) is 96.4 cm³/mol. The van der Waals surface area contributed by atoms with Crippen molar-refractivity contribution in [3.05, 3.63) is 51.7 Å². The first-order chi connectivity index (χ1) is 11.5. The summed E-state index contributed by atoms with van der Waals surface area (Å²) in [6.45, 7) is 4.41. The number of thiophene rings is 1. The zero-order valence-electron chi connectivity index (χ0n) is 13.7. The fourth-order valence-electron chi connectivity index (χ4n) is 2.63. The molecule has 124 valence electrons. The molecule has 1 atom stereocenters. The van der Waals surface area contributed by atoms with E-state index in [1.807, 2.05) is 50.2 Å². The van der Waals surface area contributed by atoms with Gasteiger partial charge in [-0.25, -0.2) is 5.43 Å². The molecule has 1 N–H and O–H groups in total. The highest BCUT2D eigenvalue weighted by Gasteiger charge is 2.35. The molecular formula is C18H19N3O2S. The predicted octanol–water partition coefficient (Wildman–Crippen LogP) is 2.87. The van der Waals surface area contributed by atoms with Crippen molar-refractivity contribution in [1.29, 1.82) is 0 Å². The summed E-state index contributed by atoms with van der Waals surface area (Å²) >= 11 is 1.61. The molecule has 0 radical (unpaired) electrons. The van der Waals surface area contributed by atoms with Gasteiger partial charge in [-0.05, 0) is 38.1 Å². The second kappa shape index (κ2) is 6.97. The highest BCUT2D eigenvalue weighted by atomic mass is 32.1. The first-order valence-corrected chi connectivity index (χ1v) is 8.61. The Balaban J connectivity index is 1.59. The molecule has 0 bridgehead atoms. The fourth-order valence-corrected chi connectivity index (χ4v) is 3.38. The van der Waals surface area contributed by atoms with E-state index in [0.717, 1.165) is 16.1 Å². The second-order valence-corrected chi connectivity index (χ2v) is 7.24. The van der Waals surface area contributed by atoms with Crippen LogP contribution in [-0.4, -0.2) is 24.6 Å². The van der Waals surface area contributed by atoms with E-state index in [9.17, 15) is 9.59 Å². The molecule has 2 amide bonds. The highest BCUT2D eigenvalue weighted by molar-refractivity contribution is 7.13. The molecule has 1 fully saturated rings. The van der Waals surface area contributed by atoms with E-state index in [2.05, 4.69) is 10.5 Å². The summed E-state index contributed by atoms with van der Waals surface area (Å²) < 4.78 is 0. The summed E-state index contributed by atoms with van der Waals surface area (Å²) in [6.07, 6.45) is 1.84. The minimum absolute atomic E-state index is 0.0307. The molecule has 0 unspecified atom stereocenters. The smallest absolute Gasteiger partial charge is 0.245 e. The number of hydrogen-bond acceptors (Lipinski definition) is 4. The minimum Gasteiger partial charge on any atom is -0.312 e. The number of amides is 2. The van der Waals surface area contributed by atoms with Gasteiger partial charge < -0.3 is 4.90 Å². The largest absolute Gasteiger partial charge is 0.312 e. The molecule has 2 aromatic rings. The Morgan fingerprint density at radius 3 is 2.67 bits per heavy atom. The van der Waals surface area contributed by atoms with E-state index in [4.69, 9.17) is 0 Å². The first kappa shape index (κ1) is 16.4. The van der Waals surface area contributed by atoms with Crippen LogP contribution >= 0.6 is 11.3 Å².